The fraction of sp³-hybridized carbons (Fsp3) is 0.667. The minimum absolute atomic E-state index is 0.00339. The Hall–Kier alpha value is -0.970. The van der Waals surface area contributed by atoms with Gasteiger partial charge in [0.2, 0.25) is 0 Å². The number of hydrogen-bond acceptors (Lipinski definition) is 3. The minimum atomic E-state index is -0.0811. The molecule has 1 saturated carbocycles. The van der Waals surface area contributed by atoms with Crippen LogP contribution in [0.3, 0.4) is 0 Å². The van der Waals surface area contributed by atoms with E-state index in [0.717, 1.165) is 50.3 Å². The van der Waals surface area contributed by atoms with Crippen molar-refractivity contribution < 1.29 is 9.13 Å². The molecule has 0 bridgehead atoms. The van der Waals surface area contributed by atoms with Crippen LogP contribution in [0.4, 0.5) is 4.39 Å². The number of nitrogens with two attached hydrogens (primary N) is 1. The molecule has 0 aromatic heterocycles. The Balaban J connectivity index is 1.76. The fourth-order valence-electron chi connectivity index (χ4n) is 3.84. The van der Waals surface area contributed by atoms with Crippen LogP contribution in [0.2, 0.25) is 0 Å². The molecule has 1 aliphatic heterocycles. The second kappa shape index (κ2) is 7.07. The van der Waals surface area contributed by atoms with Crippen molar-refractivity contribution in [1.82, 2.24) is 4.90 Å². The zero-order valence-electron chi connectivity index (χ0n) is 13.3. The van der Waals surface area contributed by atoms with Crippen molar-refractivity contribution in [3.05, 3.63) is 35.1 Å². The highest BCUT2D eigenvalue weighted by Gasteiger charge is 2.33. The van der Waals surface area contributed by atoms with Gasteiger partial charge in [-0.2, -0.15) is 0 Å². The number of hydrogen-bond donors (Lipinski definition) is 1. The van der Waals surface area contributed by atoms with Crippen LogP contribution in [0.25, 0.3) is 0 Å². The van der Waals surface area contributed by atoms with E-state index in [4.69, 9.17) is 10.5 Å². The van der Waals surface area contributed by atoms with Gasteiger partial charge in [0.05, 0.1) is 13.2 Å². The zero-order chi connectivity index (χ0) is 15.4. The smallest absolute Gasteiger partial charge is 0.127 e. The van der Waals surface area contributed by atoms with Gasteiger partial charge < -0.3 is 10.5 Å². The molecule has 2 N–H and O–H groups in total. The van der Waals surface area contributed by atoms with Crippen LogP contribution in [-0.4, -0.2) is 37.7 Å². The molecular formula is C18H27FN2O. The van der Waals surface area contributed by atoms with E-state index in [-0.39, 0.29) is 11.2 Å². The Morgan fingerprint density at radius 1 is 1.14 bits per heavy atom. The summed E-state index contributed by atoms with van der Waals surface area (Å²) in [5.41, 5.74) is 7.94. The second-order valence-electron chi connectivity index (χ2n) is 6.74. The van der Waals surface area contributed by atoms with Crippen molar-refractivity contribution in [2.24, 2.45) is 5.73 Å². The molecule has 0 atom stereocenters. The maximum atomic E-state index is 14.6. The molecule has 1 saturated heterocycles. The number of halogens is 1. The monoisotopic (exact) mass is 306 g/mol. The molecular weight excluding hydrogens is 279 g/mol. The molecule has 0 radical (unpaired) electrons. The third-order valence-corrected chi connectivity index (χ3v) is 5.36. The molecule has 1 aliphatic carbocycles. The van der Waals surface area contributed by atoms with Crippen molar-refractivity contribution in [3.63, 3.8) is 0 Å². The van der Waals surface area contributed by atoms with Crippen LogP contribution in [0.15, 0.2) is 18.2 Å². The molecule has 0 unspecified atom stereocenters. The van der Waals surface area contributed by atoms with Crippen molar-refractivity contribution >= 4 is 0 Å². The summed E-state index contributed by atoms with van der Waals surface area (Å²) in [5, 5.41) is 0. The van der Waals surface area contributed by atoms with Gasteiger partial charge in [0.25, 0.3) is 0 Å². The zero-order valence-corrected chi connectivity index (χ0v) is 13.3. The van der Waals surface area contributed by atoms with Crippen LogP contribution in [0, 0.1) is 5.82 Å². The number of nitrogens with zero attached hydrogens (tertiary/aromatic N) is 1. The van der Waals surface area contributed by atoms with Gasteiger partial charge in [-0.1, -0.05) is 31.4 Å². The van der Waals surface area contributed by atoms with E-state index in [1.165, 1.54) is 19.3 Å². The Bertz CT molecular complexity index is 494. The number of morpholine rings is 1. The summed E-state index contributed by atoms with van der Waals surface area (Å²) in [4.78, 5) is 2.25. The summed E-state index contributed by atoms with van der Waals surface area (Å²) >= 11 is 0. The third-order valence-electron chi connectivity index (χ3n) is 5.36. The maximum Gasteiger partial charge on any atom is 0.127 e. The van der Waals surface area contributed by atoms with E-state index in [2.05, 4.69) is 11.0 Å². The van der Waals surface area contributed by atoms with Crippen molar-refractivity contribution in [1.29, 1.82) is 0 Å². The first-order chi connectivity index (χ1) is 10.7. The molecule has 0 spiro atoms. The summed E-state index contributed by atoms with van der Waals surface area (Å²) in [6, 6.07) is 5.82. The molecule has 1 aromatic rings. The van der Waals surface area contributed by atoms with Crippen molar-refractivity contribution in [2.75, 3.05) is 32.8 Å². The SMILES string of the molecule is NCC1(c2ccc(CN3CCOCC3)c(F)c2)CCCCC1. The first-order valence-corrected chi connectivity index (χ1v) is 8.53. The van der Waals surface area contributed by atoms with Crippen LogP contribution >= 0.6 is 0 Å². The van der Waals surface area contributed by atoms with Crippen LogP contribution in [-0.2, 0) is 16.7 Å². The molecule has 122 valence electrons. The molecule has 3 nitrogen and oxygen atoms in total. The van der Waals surface area contributed by atoms with Gasteiger partial charge in [0, 0.05) is 37.2 Å². The van der Waals surface area contributed by atoms with Gasteiger partial charge in [0.15, 0.2) is 0 Å². The van der Waals surface area contributed by atoms with E-state index in [0.29, 0.717) is 13.1 Å². The summed E-state index contributed by atoms with van der Waals surface area (Å²) in [6.45, 7) is 4.55. The lowest BCUT2D eigenvalue weighted by atomic mass is 9.69. The van der Waals surface area contributed by atoms with Crippen LogP contribution in [0.1, 0.15) is 43.2 Å². The number of ether oxygens (including phenoxy) is 1. The molecule has 1 heterocycles. The first-order valence-electron chi connectivity index (χ1n) is 8.53. The predicted octanol–water partition coefficient (Wildman–Crippen LogP) is 2.82. The van der Waals surface area contributed by atoms with Gasteiger partial charge in [-0.05, 0) is 24.5 Å². The van der Waals surface area contributed by atoms with E-state index < -0.39 is 0 Å². The normalized spacial score (nSPS) is 22.6. The summed E-state index contributed by atoms with van der Waals surface area (Å²) in [6.07, 6.45) is 5.86. The maximum absolute atomic E-state index is 14.6. The van der Waals surface area contributed by atoms with Gasteiger partial charge >= 0.3 is 0 Å². The molecule has 1 aromatic carbocycles. The minimum Gasteiger partial charge on any atom is -0.379 e. The Morgan fingerprint density at radius 3 is 2.50 bits per heavy atom. The topological polar surface area (TPSA) is 38.5 Å². The van der Waals surface area contributed by atoms with Crippen molar-refractivity contribution in [3.8, 4) is 0 Å². The van der Waals surface area contributed by atoms with Gasteiger partial charge in [-0.25, -0.2) is 4.39 Å². The lowest BCUT2D eigenvalue weighted by Gasteiger charge is -2.37. The average Bonchev–Trinajstić information content (AvgIpc) is 2.58. The number of benzene rings is 1. The van der Waals surface area contributed by atoms with Gasteiger partial charge in [0.1, 0.15) is 5.82 Å². The van der Waals surface area contributed by atoms with E-state index in [1.807, 2.05) is 6.07 Å². The predicted molar refractivity (Wildman–Crippen MR) is 86.3 cm³/mol. The summed E-state index contributed by atoms with van der Waals surface area (Å²) in [7, 11) is 0. The van der Waals surface area contributed by atoms with Crippen LogP contribution in [0.5, 0.6) is 0 Å². The Kier molecular flexibility index (Phi) is 5.11. The van der Waals surface area contributed by atoms with Crippen molar-refractivity contribution in [2.45, 2.75) is 44.1 Å². The van der Waals surface area contributed by atoms with E-state index in [9.17, 15) is 4.39 Å². The molecule has 3 rings (SSSR count). The highest BCUT2D eigenvalue weighted by atomic mass is 19.1. The molecule has 2 aliphatic rings. The fourth-order valence-corrected chi connectivity index (χ4v) is 3.84. The third kappa shape index (κ3) is 3.34. The molecule has 4 heteroatoms. The highest BCUT2D eigenvalue weighted by Crippen LogP contribution is 2.39. The lowest BCUT2D eigenvalue weighted by molar-refractivity contribution is 0.0337. The number of rotatable bonds is 4. The summed E-state index contributed by atoms with van der Waals surface area (Å²) in [5.74, 6) is -0.0811. The van der Waals surface area contributed by atoms with Crippen LogP contribution < -0.4 is 5.73 Å². The molecule has 2 fully saturated rings. The van der Waals surface area contributed by atoms with Gasteiger partial charge in [-0.15, -0.1) is 0 Å². The molecule has 22 heavy (non-hydrogen) atoms. The van der Waals surface area contributed by atoms with Gasteiger partial charge in [-0.3, -0.25) is 4.90 Å². The highest BCUT2D eigenvalue weighted by molar-refractivity contribution is 5.31. The quantitative estimate of drug-likeness (QED) is 0.929. The van der Waals surface area contributed by atoms with E-state index in [1.54, 1.807) is 6.07 Å². The lowest BCUT2D eigenvalue weighted by Crippen LogP contribution is -2.37. The molecule has 0 amide bonds. The first kappa shape index (κ1) is 15.9. The van der Waals surface area contributed by atoms with E-state index >= 15 is 0 Å². The largest absolute Gasteiger partial charge is 0.379 e. The summed E-state index contributed by atoms with van der Waals surface area (Å²) < 4.78 is 19.9. The Labute approximate surface area is 132 Å². The average molecular weight is 306 g/mol. The second-order valence-corrected chi connectivity index (χ2v) is 6.74. The Morgan fingerprint density at radius 2 is 1.86 bits per heavy atom. The standard InChI is InChI=1S/C18H27FN2O/c19-17-12-16(18(14-20)6-2-1-3-7-18)5-4-15(17)13-21-8-10-22-11-9-21/h4-5,12H,1-3,6-11,13-14,20H2.